The van der Waals surface area contributed by atoms with Gasteiger partial charge in [-0.1, -0.05) is 24.3 Å². The van der Waals surface area contributed by atoms with Crippen molar-refractivity contribution in [2.24, 2.45) is 0 Å². The fraction of sp³-hybridized carbons (Fsp3) is 0.375. The Bertz CT molecular complexity index is 555. The van der Waals surface area contributed by atoms with Crippen LogP contribution in [0.5, 0.6) is 11.5 Å². The number of aliphatic hydroxyl groups is 1. The van der Waals surface area contributed by atoms with E-state index in [4.69, 9.17) is 19.3 Å². The molecule has 2 N–H and O–H groups in total. The Hall–Kier alpha value is -1.82. The van der Waals surface area contributed by atoms with E-state index in [2.05, 4.69) is 0 Å². The van der Waals surface area contributed by atoms with Crippen molar-refractivity contribution in [1.29, 1.82) is 0 Å². The maximum Gasteiger partial charge on any atom is 0.127 e. The summed E-state index contributed by atoms with van der Waals surface area (Å²) in [6.45, 7) is 2.17. The van der Waals surface area contributed by atoms with Gasteiger partial charge in [0, 0.05) is 10.8 Å². The molecule has 0 heterocycles. The molecule has 21 heavy (non-hydrogen) atoms. The molecule has 0 aromatic heterocycles. The van der Waals surface area contributed by atoms with Crippen molar-refractivity contribution < 1.29 is 24.4 Å². The maximum absolute atomic E-state index is 9.80. The Morgan fingerprint density at radius 1 is 0.762 bits per heavy atom. The monoisotopic (exact) mass is 292 g/mol. The van der Waals surface area contributed by atoms with Gasteiger partial charge in [0.15, 0.2) is 0 Å². The fourth-order valence-electron chi connectivity index (χ4n) is 1.99. The highest BCUT2D eigenvalue weighted by Crippen LogP contribution is 2.31. The lowest BCUT2D eigenvalue weighted by molar-refractivity contribution is 0.0248. The molecule has 0 aliphatic rings. The average Bonchev–Trinajstić information content (AvgIpc) is 2.51. The largest absolute Gasteiger partial charge is 0.507 e. The van der Waals surface area contributed by atoms with Crippen molar-refractivity contribution >= 4 is 10.8 Å². The van der Waals surface area contributed by atoms with Crippen LogP contribution in [0.3, 0.4) is 0 Å². The quantitative estimate of drug-likeness (QED) is 0.691. The van der Waals surface area contributed by atoms with Gasteiger partial charge < -0.3 is 24.4 Å². The minimum atomic E-state index is 0.0248. The molecule has 2 aromatic carbocycles. The number of aromatic hydroxyl groups is 1. The van der Waals surface area contributed by atoms with E-state index in [9.17, 15) is 5.11 Å². The second-order valence-corrected chi connectivity index (χ2v) is 4.43. The van der Waals surface area contributed by atoms with E-state index in [1.165, 1.54) is 0 Å². The summed E-state index contributed by atoms with van der Waals surface area (Å²) in [4.78, 5) is 0. The van der Waals surface area contributed by atoms with Gasteiger partial charge >= 0.3 is 0 Å². The van der Waals surface area contributed by atoms with E-state index >= 15 is 0 Å². The lowest BCUT2D eigenvalue weighted by atomic mass is 10.1. The van der Waals surface area contributed by atoms with Crippen LogP contribution in [-0.2, 0) is 9.47 Å². The summed E-state index contributed by atoms with van der Waals surface area (Å²) in [5.41, 5.74) is 0. The zero-order chi connectivity index (χ0) is 14.9. The zero-order valence-corrected chi connectivity index (χ0v) is 11.8. The van der Waals surface area contributed by atoms with Crippen LogP contribution < -0.4 is 4.74 Å². The van der Waals surface area contributed by atoms with Crippen LogP contribution >= 0.6 is 0 Å². The highest BCUT2D eigenvalue weighted by molar-refractivity contribution is 5.92. The number of fused-ring (bicyclic) bond motifs is 1. The normalized spacial score (nSPS) is 10.9. The van der Waals surface area contributed by atoms with E-state index in [1.807, 2.05) is 24.3 Å². The predicted octanol–water partition coefficient (Wildman–Crippen LogP) is 1.95. The third-order valence-electron chi connectivity index (χ3n) is 2.95. The second-order valence-electron chi connectivity index (χ2n) is 4.43. The number of phenolic OH excluding ortho intramolecular Hbond substituents is 1. The summed E-state index contributed by atoms with van der Waals surface area (Å²) in [7, 11) is 0. The van der Waals surface area contributed by atoms with Crippen LogP contribution in [0.2, 0.25) is 0 Å². The summed E-state index contributed by atoms with van der Waals surface area (Å²) in [6.07, 6.45) is 0. The fourth-order valence-corrected chi connectivity index (χ4v) is 1.99. The standard InChI is InChI=1S/C16H20O5/c17-7-8-19-9-10-20-11-12-21-16-6-2-3-13-14(16)4-1-5-15(13)18/h1-6,17-18H,7-12H2. The van der Waals surface area contributed by atoms with Crippen LogP contribution in [0, 0.1) is 0 Å². The molecule has 0 fully saturated rings. The molecular formula is C16H20O5. The number of aliphatic hydroxyl groups excluding tert-OH is 1. The lowest BCUT2D eigenvalue weighted by Crippen LogP contribution is -2.12. The van der Waals surface area contributed by atoms with Gasteiger partial charge in [-0.3, -0.25) is 0 Å². The smallest absolute Gasteiger partial charge is 0.127 e. The Morgan fingerprint density at radius 3 is 2.24 bits per heavy atom. The van der Waals surface area contributed by atoms with Crippen LogP contribution in [-0.4, -0.2) is 49.9 Å². The van der Waals surface area contributed by atoms with E-state index in [0.29, 0.717) is 33.0 Å². The lowest BCUT2D eigenvalue weighted by Gasteiger charge is -2.10. The van der Waals surface area contributed by atoms with Gasteiger partial charge in [-0.25, -0.2) is 0 Å². The van der Waals surface area contributed by atoms with E-state index in [-0.39, 0.29) is 12.4 Å². The SMILES string of the molecule is OCCOCCOCCOc1cccc2c(O)cccc12. The number of rotatable bonds is 9. The molecule has 0 atom stereocenters. The molecular weight excluding hydrogens is 272 g/mol. The Labute approximate surface area is 123 Å². The Morgan fingerprint density at radius 2 is 1.43 bits per heavy atom. The molecule has 114 valence electrons. The number of hydrogen-bond donors (Lipinski definition) is 2. The van der Waals surface area contributed by atoms with Gasteiger partial charge in [0.05, 0.1) is 33.0 Å². The van der Waals surface area contributed by atoms with Gasteiger partial charge in [-0.15, -0.1) is 0 Å². The van der Waals surface area contributed by atoms with Crippen LogP contribution in [0.4, 0.5) is 0 Å². The molecule has 0 saturated heterocycles. The molecule has 0 aliphatic heterocycles. The number of phenols is 1. The molecule has 0 unspecified atom stereocenters. The van der Waals surface area contributed by atoms with Gasteiger partial charge in [-0.05, 0) is 12.1 Å². The summed E-state index contributed by atoms with van der Waals surface area (Å²) in [5, 5.41) is 20.0. The van der Waals surface area contributed by atoms with E-state index in [0.717, 1.165) is 16.5 Å². The van der Waals surface area contributed by atoms with E-state index in [1.54, 1.807) is 12.1 Å². The molecule has 0 aliphatic carbocycles. The molecule has 0 radical (unpaired) electrons. The van der Waals surface area contributed by atoms with E-state index < -0.39 is 0 Å². The van der Waals surface area contributed by atoms with Crippen molar-refractivity contribution in [3.63, 3.8) is 0 Å². The van der Waals surface area contributed by atoms with Gasteiger partial charge in [0.2, 0.25) is 0 Å². The first-order chi connectivity index (χ1) is 10.3. The second kappa shape index (κ2) is 8.46. The Kier molecular flexibility index (Phi) is 6.27. The molecule has 0 amide bonds. The summed E-state index contributed by atoms with van der Waals surface area (Å²) in [6, 6.07) is 10.9. The first kappa shape index (κ1) is 15.6. The predicted molar refractivity (Wildman–Crippen MR) is 79.8 cm³/mol. The summed E-state index contributed by atoms with van der Waals surface area (Å²) in [5.74, 6) is 0.971. The van der Waals surface area contributed by atoms with Gasteiger partial charge in [-0.2, -0.15) is 0 Å². The number of benzene rings is 2. The highest BCUT2D eigenvalue weighted by Gasteiger charge is 2.04. The average molecular weight is 292 g/mol. The van der Waals surface area contributed by atoms with Gasteiger partial charge in [0.1, 0.15) is 18.1 Å². The van der Waals surface area contributed by atoms with Gasteiger partial charge in [0.25, 0.3) is 0 Å². The minimum absolute atomic E-state index is 0.0248. The number of ether oxygens (including phenoxy) is 3. The Balaban J connectivity index is 1.78. The topological polar surface area (TPSA) is 68.2 Å². The van der Waals surface area contributed by atoms with Crippen molar-refractivity contribution in [1.82, 2.24) is 0 Å². The summed E-state index contributed by atoms with van der Waals surface area (Å²) < 4.78 is 16.1. The third-order valence-corrected chi connectivity index (χ3v) is 2.95. The van der Waals surface area contributed by atoms with Crippen molar-refractivity contribution in [2.45, 2.75) is 0 Å². The van der Waals surface area contributed by atoms with Crippen LogP contribution in [0.1, 0.15) is 0 Å². The molecule has 0 bridgehead atoms. The van der Waals surface area contributed by atoms with Crippen molar-refractivity contribution in [3.05, 3.63) is 36.4 Å². The zero-order valence-electron chi connectivity index (χ0n) is 11.8. The number of hydrogen-bond acceptors (Lipinski definition) is 5. The minimum Gasteiger partial charge on any atom is -0.507 e. The highest BCUT2D eigenvalue weighted by atomic mass is 16.5. The van der Waals surface area contributed by atoms with Crippen LogP contribution in [0.25, 0.3) is 10.8 Å². The molecule has 2 aromatic rings. The van der Waals surface area contributed by atoms with Crippen molar-refractivity contribution in [3.8, 4) is 11.5 Å². The summed E-state index contributed by atoms with van der Waals surface area (Å²) >= 11 is 0. The molecule has 0 saturated carbocycles. The first-order valence-electron chi connectivity index (χ1n) is 6.93. The third kappa shape index (κ3) is 4.60. The molecule has 5 heteroatoms. The van der Waals surface area contributed by atoms with Crippen LogP contribution in [0.15, 0.2) is 36.4 Å². The van der Waals surface area contributed by atoms with Crippen molar-refractivity contribution in [2.75, 3.05) is 39.6 Å². The maximum atomic E-state index is 9.80. The first-order valence-corrected chi connectivity index (χ1v) is 6.93. The molecule has 0 spiro atoms. The molecule has 5 nitrogen and oxygen atoms in total. The molecule has 2 rings (SSSR count).